The van der Waals surface area contributed by atoms with Crippen LogP contribution < -0.4 is 9.46 Å². The lowest BCUT2D eigenvalue weighted by atomic mass is 10.2. The van der Waals surface area contributed by atoms with Gasteiger partial charge >= 0.3 is 0 Å². The molecule has 0 bridgehead atoms. The maximum Gasteiger partial charge on any atom is 0.263 e. The van der Waals surface area contributed by atoms with E-state index in [1.807, 2.05) is 6.92 Å². The molecule has 0 aliphatic carbocycles. The molecule has 10 heteroatoms. The molecule has 6 nitrogen and oxygen atoms in total. The van der Waals surface area contributed by atoms with Crippen LogP contribution in [0.1, 0.15) is 11.1 Å². The summed E-state index contributed by atoms with van der Waals surface area (Å²) in [4.78, 5) is 8.34. The smallest absolute Gasteiger partial charge is 0.263 e. The van der Waals surface area contributed by atoms with Gasteiger partial charge in [0.25, 0.3) is 15.9 Å². The number of rotatable bonds is 6. The zero-order valence-corrected chi connectivity index (χ0v) is 18.4. The van der Waals surface area contributed by atoms with Crippen LogP contribution in [-0.2, 0) is 16.6 Å². The van der Waals surface area contributed by atoms with Gasteiger partial charge in [-0.1, -0.05) is 53.0 Å². The van der Waals surface area contributed by atoms with Gasteiger partial charge in [0.05, 0.1) is 21.1 Å². The quantitative estimate of drug-likeness (QED) is 0.498. The highest BCUT2D eigenvalue weighted by Gasteiger charge is 2.19. The Morgan fingerprint density at radius 2 is 1.86 bits per heavy atom. The lowest BCUT2D eigenvalue weighted by Crippen LogP contribution is -2.15. The molecule has 146 valence electrons. The van der Waals surface area contributed by atoms with Crippen molar-refractivity contribution in [2.75, 3.05) is 4.72 Å². The van der Waals surface area contributed by atoms with E-state index in [9.17, 15) is 8.42 Å². The van der Waals surface area contributed by atoms with Crippen molar-refractivity contribution in [2.45, 2.75) is 18.4 Å². The van der Waals surface area contributed by atoms with Crippen LogP contribution in [-0.4, -0.2) is 18.4 Å². The Bertz CT molecular complexity index is 1110. The summed E-state index contributed by atoms with van der Waals surface area (Å²) in [6.07, 6.45) is 1.37. The summed E-state index contributed by atoms with van der Waals surface area (Å²) in [6.45, 7) is 1.90. The minimum Gasteiger partial charge on any atom is -0.470 e. The van der Waals surface area contributed by atoms with Crippen LogP contribution in [0.3, 0.4) is 0 Å². The lowest BCUT2D eigenvalue weighted by Gasteiger charge is -2.13. The van der Waals surface area contributed by atoms with Gasteiger partial charge in [0.1, 0.15) is 11.2 Å². The number of aromatic nitrogens is 2. The molecule has 1 aromatic heterocycles. The van der Waals surface area contributed by atoms with Crippen molar-refractivity contribution in [1.29, 1.82) is 0 Å². The van der Waals surface area contributed by atoms with Gasteiger partial charge in [-0.25, -0.2) is 18.4 Å². The predicted octanol–water partition coefficient (Wildman–Crippen LogP) is 5.23. The number of ether oxygens (including phenoxy) is 1. The fourth-order valence-electron chi connectivity index (χ4n) is 2.23. The number of aryl methyl sites for hydroxylation is 1. The molecule has 0 spiro atoms. The first-order chi connectivity index (χ1) is 13.3. The summed E-state index contributed by atoms with van der Waals surface area (Å²) in [5, 5.41) is 0.747. The fourth-order valence-corrected chi connectivity index (χ4v) is 3.88. The maximum absolute atomic E-state index is 12.6. The first-order valence-corrected chi connectivity index (χ1v) is 11.0. The topological polar surface area (TPSA) is 81.2 Å². The molecule has 0 fully saturated rings. The molecule has 0 saturated carbocycles. The van der Waals surface area contributed by atoms with Crippen LogP contribution in [0.4, 0.5) is 5.82 Å². The minimum atomic E-state index is -3.86. The number of halogens is 3. The Kier molecular flexibility index (Phi) is 6.44. The number of sulfonamides is 1. The van der Waals surface area contributed by atoms with Crippen molar-refractivity contribution in [3.63, 3.8) is 0 Å². The van der Waals surface area contributed by atoms with Gasteiger partial charge in [0, 0.05) is 5.56 Å². The highest BCUT2D eigenvalue weighted by Crippen LogP contribution is 2.29. The number of hydrogen-bond acceptors (Lipinski definition) is 5. The molecule has 0 saturated heterocycles. The molecule has 3 aromatic rings. The Balaban J connectivity index is 1.86. The monoisotopic (exact) mass is 501 g/mol. The van der Waals surface area contributed by atoms with Gasteiger partial charge in [-0.3, -0.25) is 4.72 Å². The predicted molar refractivity (Wildman–Crippen MR) is 113 cm³/mol. The molecule has 0 aliphatic rings. The number of nitrogens with zero attached hydrogens (tertiary/aromatic N) is 2. The number of hydrogen-bond donors (Lipinski definition) is 1. The van der Waals surface area contributed by atoms with E-state index in [-0.39, 0.29) is 23.2 Å². The molecule has 0 unspecified atom stereocenters. The molecule has 0 atom stereocenters. The van der Waals surface area contributed by atoms with Crippen molar-refractivity contribution in [2.24, 2.45) is 0 Å². The van der Waals surface area contributed by atoms with E-state index >= 15 is 0 Å². The number of benzene rings is 2. The van der Waals surface area contributed by atoms with Crippen molar-refractivity contribution >= 4 is 55.0 Å². The van der Waals surface area contributed by atoms with E-state index in [1.165, 1.54) is 18.3 Å². The number of nitrogens with one attached hydrogen (secondary N) is 1. The Hall–Kier alpha value is -1.87. The average molecular weight is 503 g/mol. The second-order valence-corrected chi connectivity index (χ2v) is 9.05. The Morgan fingerprint density at radius 1 is 1.14 bits per heavy atom. The third-order valence-electron chi connectivity index (χ3n) is 3.67. The third kappa shape index (κ3) is 4.94. The molecule has 2 aromatic carbocycles. The van der Waals surface area contributed by atoms with E-state index in [0.717, 1.165) is 5.56 Å². The van der Waals surface area contributed by atoms with Gasteiger partial charge in [0.15, 0.2) is 0 Å². The summed E-state index contributed by atoms with van der Waals surface area (Å²) >= 11 is 15.4. The van der Waals surface area contributed by atoms with Crippen LogP contribution in [0.15, 0.2) is 58.2 Å². The zero-order chi connectivity index (χ0) is 20.3. The Morgan fingerprint density at radius 3 is 2.57 bits per heavy atom. The fraction of sp³-hybridized carbons (Fsp3) is 0.111. The van der Waals surface area contributed by atoms with Gasteiger partial charge in [-0.05, 0) is 41.1 Å². The standard InChI is InChI=1S/C18H14BrCl2N3O3S/c1-11-5-7-13(8-6-11)28(25,26)24-17-18(23-15(19)9-22-17)27-10-12-3-2-4-14(20)16(12)21/h2-9H,10H2,1H3,(H,22,24). The van der Waals surface area contributed by atoms with Gasteiger partial charge in [-0.2, -0.15) is 0 Å². The normalized spacial score (nSPS) is 11.3. The lowest BCUT2D eigenvalue weighted by molar-refractivity contribution is 0.294. The molecule has 3 rings (SSSR count). The maximum atomic E-state index is 12.6. The van der Waals surface area contributed by atoms with Crippen LogP contribution >= 0.6 is 39.1 Å². The molecule has 0 amide bonds. The third-order valence-corrected chi connectivity index (χ3v) is 6.26. The summed E-state index contributed by atoms with van der Waals surface area (Å²) in [7, 11) is -3.86. The van der Waals surface area contributed by atoms with Crippen molar-refractivity contribution < 1.29 is 13.2 Å². The number of anilines is 1. The molecular formula is C18H14BrCl2N3O3S. The van der Waals surface area contributed by atoms with Crippen LogP contribution in [0.25, 0.3) is 0 Å². The first-order valence-electron chi connectivity index (χ1n) is 7.94. The molecule has 0 aliphatic heterocycles. The van der Waals surface area contributed by atoms with E-state index in [2.05, 4.69) is 30.6 Å². The van der Waals surface area contributed by atoms with E-state index < -0.39 is 10.0 Å². The van der Waals surface area contributed by atoms with Crippen molar-refractivity contribution in [1.82, 2.24) is 9.97 Å². The highest BCUT2D eigenvalue weighted by molar-refractivity contribution is 9.10. The summed E-state index contributed by atoms with van der Waals surface area (Å²) in [5.41, 5.74) is 1.58. The zero-order valence-electron chi connectivity index (χ0n) is 14.5. The molecule has 28 heavy (non-hydrogen) atoms. The summed E-state index contributed by atoms with van der Waals surface area (Å²) in [5.74, 6) is -0.0389. The van der Waals surface area contributed by atoms with Gasteiger partial charge in [-0.15, -0.1) is 0 Å². The average Bonchev–Trinajstić information content (AvgIpc) is 2.65. The van der Waals surface area contributed by atoms with E-state index in [1.54, 1.807) is 30.3 Å². The summed E-state index contributed by atoms with van der Waals surface area (Å²) in [6, 6.07) is 11.6. The van der Waals surface area contributed by atoms with Gasteiger partial charge < -0.3 is 4.74 Å². The molecule has 1 N–H and O–H groups in total. The van der Waals surface area contributed by atoms with Crippen LogP contribution in [0.2, 0.25) is 10.0 Å². The van der Waals surface area contributed by atoms with Crippen molar-refractivity contribution in [3.05, 3.63) is 74.4 Å². The molecular weight excluding hydrogens is 489 g/mol. The minimum absolute atomic E-state index is 0.00102. The van der Waals surface area contributed by atoms with Crippen molar-refractivity contribution in [3.8, 4) is 5.88 Å². The molecule has 1 heterocycles. The van der Waals surface area contributed by atoms with E-state index in [0.29, 0.717) is 20.2 Å². The second-order valence-electron chi connectivity index (χ2n) is 5.77. The molecule has 0 radical (unpaired) electrons. The largest absolute Gasteiger partial charge is 0.470 e. The highest BCUT2D eigenvalue weighted by atomic mass is 79.9. The Labute approximate surface area is 181 Å². The summed E-state index contributed by atoms with van der Waals surface area (Å²) < 4.78 is 33.7. The van der Waals surface area contributed by atoms with Gasteiger partial charge in [0.2, 0.25) is 5.82 Å². The van der Waals surface area contributed by atoms with Crippen LogP contribution in [0, 0.1) is 6.92 Å². The SMILES string of the molecule is Cc1ccc(S(=O)(=O)Nc2ncc(Br)nc2OCc2cccc(Cl)c2Cl)cc1. The van der Waals surface area contributed by atoms with E-state index in [4.69, 9.17) is 27.9 Å². The van der Waals surface area contributed by atoms with Crippen LogP contribution in [0.5, 0.6) is 5.88 Å². The second kappa shape index (κ2) is 8.65. The first kappa shape index (κ1) is 20.9.